The molecule has 1 aliphatic heterocycles. The van der Waals surface area contributed by atoms with E-state index in [1.165, 1.54) is 6.42 Å². The van der Waals surface area contributed by atoms with Gasteiger partial charge in [0.1, 0.15) is 6.61 Å². The molecule has 0 aromatic rings. The van der Waals surface area contributed by atoms with Crippen LogP contribution in [-0.2, 0) is 14.3 Å². The first kappa shape index (κ1) is 16.4. The van der Waals surface area contributed by atoms with E-state index in [0.29, 0.717) is 6.61 Å². The molecule has 19 heavy (non-hydrogen) atoms. The first-order valence-corrected chi connectivity index (χ1v) is 7.04. The standard InChI is InChI=1S/C14H28N2O3/c1-14(2,11-16(3)4)15-13(17)10-18-9-12-7-5-6-8-19-12/h12H,5-11H2,1-4H3,(H,15,17)/t12-/m0/s1. The van der Waals surface area contributed by atoms with Gasteiger partial charge in [-0.05, 0) is 47.2 Å². The summed E-state index contributed by atoms with van der Waals surface area (Å²) in [6.45, 7) is 6.25. The molecule has 1 amide bonds. The smallest absolute Gasteiger partial charge is 0.246 e. The summed E-state index contributed by atoms with van der Waals surface area (Å²) in [5, 5.41) is 2.98. The number of carbonyl (C=O) groups is 1. The summed E-state index contributed by atoms with van der Waals surface area (Å²) in [5.41, 5.74) is -0.245. The Morgan fingerprint density at radius 2 is 2.16 bits per heavy atom. The fourth-order valence-corrected chi connectivity index (χ4v) is 2.47. The van der Waals surface area contributed by atoms with E-state index >= 15 is 0 Å². The number of amides is 1. The number of hydrogen-bond acceptors (Lipinski definition) is 4. The van der Waals surface area contributed by atoms with Gasteiger partial charge in [-0.1, -0.05) is 0 Å². The van der Waals surface area contributed by atoms with Crippen LogP contribution in [0.1, 0.15) is 33.1 Å². The van der Waals surface area contributed by atoms with Crippen LogP contribution >= 0.6 is 0 Å². The van der Waals surface area contributed by atoms with Crippen molar-refractivity contribution < 1.29 is 14.3 Å². The maximum atomic E-state index is 11.8. The van der Waals surface area contributed by atoms with Gasteiger partial charge in [-0.15, -0.1) is 0 Å². The Morgan fingerprint density at radius 3 is 2.74 bits per heavy atom. The second-order valence-corrected chi connectivity index (χ2v) is 6.17. The largest absolute Gasteiger partial charge is 0.376 e. The quantitative estimate of drug-likeness (QED) is 0.752. The molecule has 1 atom stereocenters. The Bertz CT molecular complexity index is 274. The summed E-state index contributed by atoms with van der Waals surface area (Å²) in [6.07, 6.45) is 3.52. The van der Waals surface area contributed by atoms with Crippen molar-refractivity contribution in [1.82, 2.24) is 10.2 Å². The van der Waals surface area contributed by atoms with Crippen molar-refractivity contribution in [3.05, 3.63) is 0 Å². The summed E-state index contributed by atoms with van der Waals surface area (Å²) in [5.74, 6) is -0.0670. The first-order chi connectivity index (χ1) is 8.89. The molecular weight excluding hydrogens is 244 g/mol. The lowest BCUT2D eigenvalue weighted by Gasteiger charge is -2.29. The maximum absolute atomic E-state index is 11.8. The van der Waals surface area contributed by atoms with Crippen molar-refractivity contribution in [2.75, 3.05) is 40.5 Å². The van der Waals surface area contributed by atoms with Crippen molar-refractivity contribution in [3.63, 3.8) is 0 Å². The number of carbonyl (C=O) groups excluding carboxylic acids is 1. The second kappa shape index (κ2) is 7.82. The van der Waals surface area contributed by atoms with Gasteiger partial charge in [0.25, 0.3) is 0 Å². The Balaban J connectivity index is 2.16. The zero-order valence-electron chi connectivity index (χ0n) is 12.7. The normalized spacial score (nSPS) is 20.6. The Labute approximate surface area is 116 Å². The highest BCUT2D eigenvalue weighted by atomic mass is 16.5. The van der Waals surface area contributed by atoms with E-state index in [1.807, 2.05) is 27.9 Å². The first-order valence-electron chi connectivity index (χ1n) is 7.04. The van der Waals surface area contributed by atoms with Gasteiger partial charge in [0, 0.05) is 18.7 Å². The fraction of sp³-hybridized carbons (Fsp3) is 0.929. The molecule has 5 nitrogen and oxygen atoms in total. The van der Waals surface area contributed by atoms with E-state index in [4.69, 9.17) is 9.47 Å². The molecule has 0 radical (unpaired) electrons. The molecule has 0 unspecified atom stereocenters. The summed E-state index contributed by atoms with van der Waals surface area (Å²) in [4.78, 5) is 13.8. The van der Waals surface area contributed by atoms with Gasteiger partial charge in [-0.2, -0.15) is 0 Å². The molecule has 0 spiro atoms. The summed E-state index contributed by atoms with van der Waals surface area (Å²) in [6, 6.07) is 0. The van der Waals surface area contributed by atoms with Crippen molar-refractivity contribution in [3.8, 4) is 0 Å². The number of likely N-dealkylation sites (N-methyl/N-ethyl adjacent to an activating group) is 1. The van der Waals surface area contributed by atoms with E-state index < -0.39 is 0 Å². The highest BCUT2D eigenvalue weighted by molar-refractivity contribution is 5.77. The van der Waals surface area contributed by atoms with Gasteiger partial charge in [0.05, 0.1) is 12.7 Å². The molecule has 1 saturated heterocycles. The second-order valence-electron chi connectivity index (χ2n) is 6.17. The van der Waals surface area contributed by atoms with Crippen LogP contribution in [0, 0.1) is 0 Å². The fourth-order valence-electron chi connectivity index (χ4n) is 2.47. The summed E-state index contributed by atoms with van der Waals surface area (Å²) < 4.78 is 11.0. The van der Waals surface area contributed by atoms with Gasteiger partial charge in [-0.25, -0.2) is 0 Å². The Kier molecular flexibility index (Phi) is 6.75. The van der Waals surface area contributed by atoms with E-state index in [-0.39, 0.29) is 24.2 Å². The van der Waals surface area contributed by atoms with Gasteiger partial charge >= 0.3 is 0 Å². The number of ether oxygens (including phenoxy) is 2. The van der Waals surface area contributed by atoms with Crippen molar-refractivity contribution in [1.29, 1.82) is 0 Å². The average molecular weight is 272 g/mol. The monoisotopic (exact) mass is 272 g/mol. The zero-order chi connectivity index (χ0) is 14.3. The third-order valence-electron chi connectivity index (χ3n) is 3.00. The zero-order valence-corrected chi connectivity index (χ0v) is 12.7. The van der Waals surface area contributed by atoms with Crippen molar-refractivity contribution in [2.45, 2.75) is 44.8 Å². The molecule has 0 bridgehead atoms. The molecule has 1 heterocycles. The molecule has 0 aromatic heterocycles. The van der Waals surface area contributed by atoms with Gasteiger partial charge in [0.2, 0.25) is 5.91 Å². The molecule has 1 aliphatic rings. The lowest BCUT2D eigenvalue weighted by atomic mass is 10.1. The molecule has 0 saturated carbocycles. The van der Waals surface area contributed by atoms with E-state index in [9.17, 15) is 4.79 Å². The molecule has 5 heteroatoms. The SMILES string of the molecule is CN(C)CC(C)(C)NC(=O)COC[C@@H]1CCCCO1. The van der Waals surface area contributed by atoms with Crippen LogP contribution in [0.15, 0.2) is 0 Å². The van der Waals surface area contributed by atoms with Crippen LogP contribution in [0.2, 0.25) is 0 Å². The lowest BCUT2D eigenvalue weighted by molar-refractivity contribution is -0.129. The van der Waals surface area contributed by atoms with Crippen LogP contribution in [-0.4, -0.2) is 62.9 Å². The van der Waals surface area contributed by atoms with Gasteiger partial charge in [-0.3, -0.25) is 4.79 Å². The Morgan fingerprint density at radius 1 is 1.42 bits per heavy atom. The maximum Gasteiger partial charge on any atom is 0.246 e. The number of rotatable bonds is 7. The average Bonchev–Trinajstić information content (AvgIpc) is 2.27. The number of nitrogens with one attached hydrogen (secondary N) is 1. The molecule has 1 rings (SSSR count). The molecule has 0 aromatic carbocycles. The molecular formula is C14H28N2O3. The van der Waals surface area contributed by atoms with E-state index in [0.717, 1.165) is 26.0 Å². The van der Waals surface area contributed by atoms with Crippen LogP contribution in [0.25, 0.3) is 0 Å². The van der Waals surface area contributed by atoms with Crippen LogP contribution in [0.5, 0.6) is 0 Å². The molecule has 112 valence electrons. The predicted octanol–water partition coefficient (Wildman–Crippen LogP) is 1.03. The molecule has 1 fully saturated rings. The van der Waals surface area contributed by atoms with Crippen molar-refractivity contribution in [2.24, 2.45) is 0 Å². The minimum absolute atomic E-state index is 0.0670. The highest BCUT2D eigenvalue weighted by Crippen LogP contribution is 2.12. The minimum Gasteiger partial charge on any atom is -0.376 e. The van der Waals surface area contributed by atoms with Gasteiger partial charge < -0.3 is 19.7 Å². The molecule has 0 aliphatic carbocycles. The van der Waals surface area contributed by atoms with Gasteiger partial charge in [0.15, 0.2) is 0 Å². The Hall–Kier alpha value is -0.650. The summed E-state index contributed by atoms with van der Waals surface area (Å²) in [7, 11) is 3.98. The number of hydrogen-bond donors (Lipinski definition) is 1. The third kappa shape index (κ3) is 7.50. The van der Waals surface area contributed by atoms with Crippen LogP contribution in [0.4, 0.5) is 0 Å². The topological polar surface area (TPSA) is 50.8 Å². The van der Waals surface area contributed by atoms with E-state index in [1.54, 1.807) is 0 Å². The minimum atomic E-state index is -0.245. The third-order valence-corrected chi connectivity index (χ3v) is 3.00. The molecule has 1 N–H and O–H groups in total. The number of nitrogens with zero attached hydrogens (tertiary/aromatic N) is 1. The highest BCUT2D eigenvalue weighted by Gasteiger charge is 2.21. The lowest BCUT2D eigenvalue weighted by Crippen LogP contribution is -2.51. The van der Waals surface area contributed by atoms with Crippen LogP contribution in [0.3, 0.4) is 0 Å². The predicted molar refractivity (Wildman–Crippen MR) is 75.2 cm³/mol. The van der Waals surface area contributed by atoms with Crippen LogP contribution < -0.4 is 5.32 Å². The summed E-state index contributed by atoms with van der Waals surface area (Å²) >= 11 is 0. The van der Waals surface area contributed by atoms with E-state index in [2.05, 4.69) is 10.2 Å². The van der Waals surface area contributed by atoms with Crippen molar-refractivity contribution >= 4 is 5.91 Å².